The first-order valence-corrected chi connectivity index (χ1v) is 12.9. The SMILES string of the molecule is Nc1ccc(Oc2c(Br)c(N)c(CC3CO3)c(CC3CO3)c2CC2CO2)c(Br)c1CC1CO1. The van der Waals surface area contributed by atoms with Crippen molar-refractivity contribution < 1.29 is 23.7 Å². The summed E-state index contributed by atoms with van der Waals surface area (Å²) in [5, 5.41) is 0. The van der Waals surface area contributed by atoms with Crippen molar-refractivity contribution >= 4 is 43.2 Å². The first-order valence-electron chi connectivity index (χ1n) is 11.3. The fourth-order valence-electron chi connectivity index (χ4n) is 4.34. The predicted octanol–water partition coefficient (Wildman–Crippen LogP) is 3.93. The van der Waals surface area contributed by atoms with Crippen molar-refractivity contribution in [2.45, 2.75) is 50.1 Å². The molecule has 4 saturated heterocycles. The zero-order valence-electron chi connectivity index (χ0n) is 18.1. The molecule has 0 saturated carbocycles. The van der Waals surface area contributed by atoms with Gasteiger partial charge < -0.3 is 35.2 Å². The number of hydrogen-bond acceptors (Lipinski definition) is 7. The van der Waals surface area contributed by atoms with E-state index < -0.39 is 0 Å². The van der Waals surface area contributed by atoms with Gasteiger partial charge in [-0.05, 0) is 60.7 Å². The summed E-state index contributed by atoms with van der Waals surface area (Å²) in [7, 11) is 0. The minimum Gasteiger partial charge on any atom is -0.455 e. The molecule has 176 valence electrons. The molecule has 9 heteroatoms. The smallest absolute Gasteiger partial charge is 0.147 e. The van der Waals surface area contributed by atoms with Crippen LogP contribution in [0.5, 0.6) is 11.5 Å². The highest BCUT2D eigenvalue weighted by Crippen LogP contribution is 2.47. The summed E-state index contributed by atoms with van der Waals surface area (Å²) in [6.07, 6.45) is 4.00. The molecule has 4 atom stereocenters. The first kappa shape index (κ1) is 22.1. The Morgan fingerprint density at radius 3 is 1.73 bits per heavy atom. The third-order valence-corrected chi connectivity index (χ3v) is 8.21. The molecule has 4 unspecified atom stereocenters. The molecule has 0 amide bonds. The van der Waals surface area contributed by atoms with Gasteiger partial charge in [-0.1, -0.05) is 0 Å². The standard InChI is InChI=1S/C24H26Br2N2O5/c25-21-18(6-14-10-32-14)19(27)1-2-20(21)33-24-17(5-13-9-31-13)15(3-11-7-29-11)16(4-12-8-30-12)23(28)22(24)26/h1-2,11-14H,3-10,27-28H2. The van der Waals surface area contributed by atoms with Crippen molar-refractivity contribution in [3.63, 3.8) is 0 Å². The molecule has 4 aliphatic rings. The zero-order chi connectivity index (χ0) is 22.7. The number of anilines is 2. The Morgan fingerprint density at radius 2 is 1.18 bits per heavy atom. The summed E-state index contributed by atoms with van der Waals surface area (Å²) in [5.41, 5.74) is 18.8. The van der Waals surface area contributed by atoms with E-state index >= 15 is 0 Å². The number of hydrogen-bond donors (Lipinski definition) is 2. The molecular formula is C24H26Br2N2O5. The lowest BCUT2D eigenvalue weighted by Gasteiger charge is -2.23. The van der Waals surface area contributed by atoms with E-state index in [4.69, 9.17) is 35.2 Å². The van der Waals surface area contributed by atoms with Crippen LogP contribution >= 0.6 is 31.9 Å². The average molecular weight is 582 g/mol. The molecule has 0 aliphatic carbocycles. The number of nitrogens with two attached hydrogens (primary N) is 2. The normalized spacial score (nSPS) is 26.8. The number of nitrogen functional groups attached to an aromatic ring is 2. The minimum absolute atomic E-state index is 0.198. The zero-order valence-corrected chi connectivity index (χ0v) is 21.2. The van der Waals surface area contributed by atoms with Crippen molar-refractivity contribution in [2.75, 3.05) is 37.9 Å². The molecule has 6 rings (SSSR count). The number of epoxide rings is 4. The Labute approximate surface area is 209 Å². The number of halogens is 2. The van der Waals surface area contributed by atoms with E-state index in [1.165, 1.54) is 5.56 Å². The van der Waals surface area contributed by atoms with Gasteiger partial charge in [-0.25, -0.2) is 0 Å². The Kier molecular flexibility index (Phi) is 5.83. The number of benzene rings is 2. The highest BCUT2D eigenvalue weighted by molar-refractivity contribution is 9.11. The van der Waals surface area contributed by atoms with Crippen LogP contribution in [-0.2, 0) is 44.6 Å². The van der Waals surface area contributed by atoms with Gasteiger partial charge >= 0.3 is 0 Å². The van der Waals surface area contributed by atoms with E-state index in [1.807, 2.05) is 12.1 Å². The fourth-order valence-corrected chi connectivity index (χ4v) is 5.50. The molecule has 33 heavy (non-hydrogen) atoms. The summed E-state index contributed by atoms with van der Waals surface area (Å²) >= 11 is 7.49. The summed E-state index contributed by atoms with van der Waals surface area (Å²) < 4.78 is 30.4. The second-order valence-corrected chi connectivity index (χ2v) is 10.8. The van der Waals surface area contributed by atoms with Crippen LogP contribution in [0.25, 0.3) is 0 Å². The summed E-state index contributed by atoms with van der Waals surface area (Å²) in [6.45, 7) is 3.09. The van der Waals surface area contributed by atoms with E-state index in [0.717, 1.165) is 89.2 Å². The summed E-state index contributed by atoms with van der Waals surface area (Å²) in [6, 6.07) is 3.78. The van der Waals surface area contributed by atoms with Crippen LogP contribution in [0.4, 0.5) is 11.4 Å². The van der Waals surface area contributed by atoms with E-state index in [0.29, 0.717) is 11.4 Å². The highest BCUT2D eigenvalue weighted by Gasteiger charge is 2.35. The van der Waals surface area contributed by atoms with E-state index in [2.05, 4.69) is 31.9 Å². The lowest BCUT2D eigenvalue weighted by atomic mass is 9.89. The maximum atomic E-state index is 6.69. The maximum absolute atomic E-state index is 6.69. The minimum atomic E-state index is 0.198. The summed E-state index contributed by atoms with van der Waals surface area (Å²) in [5.74, 6) is 1.43. The fraction of sp³-hybridized carbons (Fsp3) is 0.500. The van der Waals surface area contributed by atoms with Crippen LogP contribution < -0.4 is 16.2 Å². The van der Waals surface area contributed by atoms with E-state index in [1.54, 1.807) is 0 Å². The molecule has 4 fully saturated rings. The molecule has 2 aromatic rings. The molecule has 4 aliphatic heterocycles. The monoisotopic (exact) mass is 580 g/mol. The Morgan fingerprint density at radius 1 is 0.697 bits per heavy atom. The quantitative estimate of drug-likeness (QED) is 0.323. The first-order chi connectivity index (χ1) is 16.0. The van der Waals surface area contributed by atoms with Gasteiger partial charge in [-0.2, -0.15) is 0 Å². The van der Waals surface area contributed by atoms with Gasteiger partial charge in [-0.3, -0.25) is 0 Å². The van der Waals surface area contributed by atoms with Gasteiger partial charge in [0.25, 0.3) is 0 Å². The van der Waals surface area contributed by atoms with Crippen molar-refractivity contribution in [1.82, 2.24) is 0 Å². The predicted molar refractivity (Wildman–Crippen MR) is 131 cm³/mol. The Balaban J connectivity index is 1.43. The van der Waals surface area contributed by atoms with Crippen molar-refractivity contribution in [1.29, 1.82) is 0 Å². The van der Waals surface area contributed by atoms with Gasteiger partial charge in [0, 0.05) is 36.9 Å². The third kappa shape index (κ3) is 4.90. The highest BCUT2D eigenvalue weighted by atomic mass is 79.9. The molecule has 4 heterocycles. The maximum Gasteiger partial charge on any atom is 0.147 e. The topological polar surface area (TPSA) is 111 Å². The molecule has 7 nitrogen and oxygen atoms in total. The van der Waals surface area contributed by atoms with E-state index in [9.17, 15) is 0 Å². The van der Waals surface area contributed by atoms with Crippen molar-refractivity contribution in [2.24, 2.45) is 0 Å². The van der Waals surface area contributed by atoms with Crippen LogP contribution in [-0.4, -0.2) is 50.8 Å². The number of ether oxygens (including phenoxy) is 5. The molecule has 0 bridgehead atoms. The Hall–Kier alpha value is -1.36. The van der Waals surface area contributed by atoms with Gasteiger partial charge in [0.15, 0.2) is 0 Å². The molecule has 2 aromatic carbocycles. The van der Waals surface area contributed by atoms with Gasteiger partial charge in [0.05, 0.1) is 65.5 Å². The van der Waals surface area contributed by atoms with Crippen LogP contribution in [0.1, 0.15) is 22.3 Å². The largest absolute Gasteiger partial charge is 0.455 e. The number of rotatable bonds is 10. The molecule has 0 spiro atoms. The van der Waals surface area contributed by atoms with Gasteiger partial charge in [-0.15, -0.1) is 0 Å². The van der Waals surface area contributed by atoms with Crippen molar-refractivity contribution in [3.8, 4) is 11.5 Å². The third-order valence-electron chi connectivity index (χ3n) is 6.56. The molecule has 0 radical (unpaired) electrons. The van der Waals surface area contributed by atoms with Crippen molar-refractivity contribution in [3.05, 3.63) is 43.3 Å². The van der Waals surface area contributed by atoms with Crippen LogP contribution in [0.15, 0.2) is 21.1 Å². The van der Waals surface area contributed by atoms with Crippen LogP contribution in [0.3, 0.4) is 0 Å². The van der Waals surface area contributed by atoms with Crippen LogP contribution in [0, 0.1) is 0 Å². The van der Waals surface area contributed by atoms with Crippen LogP contribution in [0.2, 0.25) is 0 Å². The Bertz CT molecular complexity index is 1100. The molecular weight excluding hydrogens is 556 g/mol. The molecule has 4 N–H and O–H groups in total. The average Bonchev–Trinajstić information content (AvgIpc) is 3.62. The van der Waals surface area contributed by atoms with Gasteiger partial charge in [0.1, 0.15) is 11.5 Å². The van der Waals surface area contributed by atoms with E-state index in [-0.39, 0.29) is 24.4 Å². The van der Waals surface area contributed by atoms with Gasteiger partial charge in [0.2, 0.25) is 0 Å². The second kappa shape index (κ2) is 8.70. The lowest BCUT2D eigenvalue weighted by molar-refractivity contribution is 0.393. The second-order valence-electron chi connectivity index (χ2n) is 9.18. The lowest BCUT2D eigenvalue weighted by Crippen LogP contribution is -2.14. The molecule has 0 aromatic heterocycles. The summed E-state index contributed by atoms with van der Waals surface area (Å²) in [4.78, 5) is 0.